The number of carbonyl (C=O) groups is 2. The lowest BCUT2D eigenvalue weighted by molar-refractivity contribution is -0.115. The van der Waals surface area contributed by atoms with Gasteiger partial charge in [-0.3, -0.25) is 38.4 Å². The third-order valence-corrected chi connectivity index (χ3v) is 21.5. The van der Waals surface area contributed by atoms with Crippen molar-refractivity contribution in [3.05, 3.63) is 196 Å². The van der Waals surface area contributed by atoms with E-state index in [0.717, 1.165) is 15.8 Å². The number of furan rings is 3. The topological polar surface area (TPSA) is 384 Å². The van der Waals surface area contributed by atoms with Crippen LogP contribution in [0, 0.1) is 37.0 Å². The predicted molar refractivity (Wildman–Crippen MR) is 387 cm³/mol. The summed E-state index contributed by atoms with van der Waals surface area (Å²) in [4.78, 5) is 105. The zero-order valence-corrected chi connectivity index (χ0v) is 60.5. The van der Waals surface area contributed by atoms with Crippen LogP contribution in [0.2, 0.25) is 10.0 Å². The summed E-state index contributed by atoms with van der Waals surface area (Å²) in [5.74, 6) is 1.84. The summed E-state index contributed by atoms with van der Waals surface area (Å²) >= 11 is 12.4. The Morgan fingerprint density at radius 2 is 0.854 bits per heavy atom. The molecule has 103 heavy (non-hydrogen) atoms. The number of sulfonamides is 1. The molecule has 2 amide bonds. The molecule has 546 valence electrons. The van der Waals surface area contributed by atoms with E-state index in [0.29, 0.717) is 88.9 Å². The Kier molecular flexibility index (Phi) is 20.8. The van der Waals surface area contributed by atoms with Crippen LogP contribution in [-0.4, -0.2) is 156 Å². The monoisotopic (exact) mass is 1480 g/mol. The number of hydrogen-bond acceptors (Lipinski definition) is 26. The lowest BCUT2D eigenvalue weighted by Gasteiger charge is -2.44. The van der Waals surface area contributed by atoms with Gasteiger partial charge < -0.3 is 89.4 Å². The molecule has 32 heteroatoms. The maximum Gasteiger partial charge on any atom is 0.259 e. The van der Waals surface area contributed by atoms with Gasteiger partial charge in [-0.15, -0.1) is 0 Å². The Morgan fingerprint density at radius 3 is 1.19 bits per heavy atom. The van der Waals surface area contributed by atoms with Crippen LogP contribution < -0.4 is 64.5 Å². The van der Waals surface area contributed by atoms with E-state index in [-0.39, 0.29) is 101 Å². The number of aromatic hydroxyl groups is 3. The fourth-order valence-electron chi connectivity index (χ4n) is 12.3. The second-order valence-corrected chi connectivity index (χ2v) is 30.4. The molecule has 0 bridgehead atoms. The number of amides is 2. The maximum absolute atomic E-state index is 13.2. The highest BCUT2D eigenvalue weighted by Crippen LogP contribution is 2.48. The van der Waals surface area contributed by atoms with E-state index in [1.54, 1.807) is 44.1 Å². The van der Waals surface area contributed by atoms with Crippen LogP contribution in [0.1, 0.15) is 94.2 Å². The molecule has 9 N–H and O–H groups in total. The number of piperazine rings is 1. The molecule has 0 saturated carbocycles. The molecule has 9 aromatic rings. The number of likely N-dealkylation sites (N-methyl/N-ethyl adjacent to an activating group) is 1. The molecule has 0 unspecified atom stereocenters. The van der Waals surface area contributed by atoms with E-state index in [2.05, 4.69) is 36.8 Å². The van der Waals surface area contributed by atoms with Crippen molar-refractivity contribution >= 4 is 96.2 Å². The van der Waals surface area contributed by atoms with Crippen molar-refractivity contribution in [1.82, 2.24) is 19.0 Å². The van der Waals surface area contributed by atoms with Crippen LogP contribution in [0.3, 0.4) is 0 Å². The molecular formula is C71H78Cl2N10O19S. The van der Waals surface area contributed by atoms with Gasteiger partial charge >= 0.3 is 0 Å². The number of carbonyl (C=O) groups excluding carboxylic acids is 2. The van der Waals surface area contributed by atoms with Crippen molar-refractivity contribution < 1.29 is 60.8 Å². The number of rotatable bonds is 22. The number of halogens is 2. The van der Waals surface area contributed by atoms with Crippen molar-refractivity contribution in [2.24, 2.45) is 16.2 Å². The van der Waals surface area contributed by atoms with E-state index in [4.69, 9.17) is 50.7 Å². The molecule has 13 rings (SSSR count). The zero-order chi connectivity index (χ0) is 74.7. The molecule has 0 spiro atoms. The van der Waals surface area contributed by atoms with Crippen molar-refractivity contribution in [2.75, 3.05) is 133 Å². The number of ether oxygens (including phenoxy) is 3. The summed E-state index contributed by atoms with van der Waals surface area (Å²) in [5.41, 5.74) is -5.11. The summed E-state index contributed by atoms with van der Waals surface area (Å²) in [5, 5.41) is 50.0. The summed E-state index contributed by atoms with van der Waals surface area (Å²) < 4.78 is 59.7. The van der Waals surface area contributed by atoms with Crippen LogP contribution in [-0.2, 0) is 24.2 Å². The first-order chi connectivity index (χ1) is 48.6. The largest absolute Gasteiger partial charge is 0.505 e. The summed E-state index contributed by atoms with van der Waals surface area (Å²) in [6, 6.07) is 19.8. The van der Waals surface area contributed by atoms with Gasteiger partial charge in [-0.2, -0.15) is 0 Å². The molecule has 0 radical (unpaired) electrons. The Bertz CT molecular complexity index is 5090. The van der Waals surface area contributed by atoms with Crippen molar-refractivity contribution in [3.63, 3.8) is 0 Å². The van der Waals surface area contributed by atoms with Crippen LogP contribution in [0.15, 0.2) is 126 Å². The van der Waals surface area contributed by atoms with Crippen molar-refractivity contribution in [3.8, 4) is 17.2 Å². The van der Waals surface area contributed by atoms with Crippen LogP contribution in [0.5, 0.6) is 17.2 Å². The Labute approximate surface area is 600 Å². The normalized spacial score (nSPS) is 16.9. The average molecular weight is 1480 g/mol. The van der Waals surface area contributed by atoms with Gasteiger partial charge in [0.25, 0.3) is 44.4 Å². The Balaban J connectivity index is 0.000000155. The van der Waals surface area contributed by atoms with Gasteiger partial charge in [0.05, 0.1) is 90.4 Å². The highest BCUT2D eigenvalue weighted by atomic mass is 35.5. The number of hydrogen-bond donors (Lipinski definition) is 9. The average Bonchev–Trinajstić information content (AvgIpc) is 1.51. The number of benzene rings is 3. The van der Waals surface area contributed by atoms with Gasteiger partial charge in [-0.1, -0.05) is 50.0 Å². The maximum atomic E-state index is 13.2. The third-order valence-electron chi connectivity index (χ3n) is 18.8. The minimum absolute atomic E-state index is 0.00209. The van der Waals surface area contributed by atoms with Gasteiger partial charge in [-0.05, 0) is 101 Å². The highest BCUT2D eigenvalue weighted by molar-refractivity contribution is 7.89. The molecule has 29 nitrogen and oxygen atoms in total. The van der Waals surface area contributed by atoms with Crippen molar-refractivity contribution in [1.29, 1.82) is 0 Å². The van der Waals surface area contributed by atoms with E-state index in [1.165, 1.54) is 55.4 Å². The van der Waals surface area contributed by atoms with Crippen LogP contribution in [0.25, 0.3) is 0 Å². The van der Waals surface area contributed by atoms with Crippen LogP contribution >= 0.6 is 23.2 Å². The van der Waals surface area contributed by atoms with Crippen LogP contribution in [0.4, 0.5) is 51.2 Å². The minimum atomic E-state index is -4.09. The molecule has 7 heterocycles. The molecule has 3 aromatic heterocycles. The smallest absolute Gasteiger partial charge is 0.259 e. The Morgan fingerprint density at radius 1 is 0.495 bits per heavy atom. The molecular weight excluding hydrogens is 1400 g/mol. The summed E-state index contributed by atoms with van der Waals surface area (Å²) in [6.07, 6.45) is 0. The SMILES string of the molecule is Cc1ccc([C@H](Nc2c(Nc3ccc(Cl)c(C(=O)N4CCN(C)CC4)c3O)c(=O)c2=O)C2(C)COC2)o1.Cc1ccc([C@H](Nc2c(Nc3ccc(Cl)c(S(=O)(=O)N(C)C)c3O)c(=O)c2=O)C2(C)COC2)o1.Cc1ccc([C@H](Nc2c(Nc3cccc(C(=O)N(C)C)c3O)c(=O)c2=O)C2(C)COC2)o1. The lowest BCUT2D eigenvalue weighted by atomic mass is 9.79. The van der Waals surface area contributed by atoms with E-state index in [9.17, 15) is 62.1 Å². The standard InChI is InChI=1S/C26H29ClN4O6.C23H25N3O6.C22H24ClN3O7S/c1-14-4-7-17(37-14)24(26(2)12-36-13-26)29-20-19(22(33)23(20)34)28-16-6-5-15(27)18(21(16)32)25(35)31-10-8-30(3)9-11-31;1-12-8-9-15(32-12)21(23(2)10-31-11-23)25-17-16(19(28)20(17)29)24-14-7-5-6-13(18(14)27)22(30)26(3)4;1-11-5-8-14(33-11)21(22(2)9-32-10-22)25-16-15(18(28)19(16)29)24-13-7-6-12(23)20(17(13)27)34(30,31)26(3)4/h4-7,24,28-29,32H,8-13H2,1-3H3;5-9,21,24-25,27H,10-11H2,1-4H3;5-8,21,24-25,27H,9-10H2,1-4H3/t24-;2*21-/m000/s1. The van der Waals surface area contributed by atoms with Gasteiger partial charge in [-0.25, -0.2) is 12.7 Å². The molecule has 4 aliphatic rings. The first kappa shape index (κ1) is 74.4. The van der Waals surface area contributed by atoms with Gasteiger partial charge in [0.1, 0.15) is 79.1 Å². The first-order valence-corrected chi connectivity index (χ1v) is 34.8. The third kappa shape index (κ3) is 14.3. The summed E-state index contributed by atoms with van der Waals surface area (Å²) in [7, 11) is 3.62. The molecule has 6 aromatic carbocycles. The first-order valence-electron chi connectivity index (χ1n) is 32.6. The fraction of sp³-hybridized carbons (Fsp3) is 0.380. The zero-order valence-electron chi connectivity index (χ0n) is 58.1. The number of aryl methyl sites for hydroxylation is 3. The minimum Gasteiger partial charge on any atom is -0.505 e. The Hall–Kier alpha value is -9.79. The van der Waals surface area contributed by atoms with Gasteiger partial charge in [0, 0.05) is 70.6 Å². The summed E-state index contributed by atoms with van der Waals surface area (Å²) in [6.45, 7) is 16.6. The number of para-hydroxylation sites is 1. The van der Waals surface area contributed by atoms with E-state index in [1.807, 2.05) is 65.9 Å². The van der Waals surface area contributed by atoms with E-state index < -0.39 is 82.7 Å². The quantitative estimate of drug-likeness (QED) is 0.0228. The van der Waals surface area contributed by atoms with Crippen molar-refractivity contribution in [2.45, 2.75) is 64.6 Å². The highest BCUT2D eigenvalue weighted by Gasteiger charge is 2.48. The number of nitrogens with one attached hydrogen (secondary N) is 6. The lowest BCUT2D eigenvalue weighted by Crippen LogP contribution is -2.49. The second-order valence-electron chi connectivity index (χ2n) is 27.5. The molecule has 4 fully saturated rings. The van der Waals surface area contributed by atoms with Gasteiger partial charge in [0.15, 0.2) is 17.2 Å². The molecule has 4 aliphatic heterocycles. The van der Waals surface area contributed by atoms with Gasteiger partial charge in [0.2, 0.25) is 10.0 Å². The number of phenolic OH excluding ortho intramolecular Hbond substituents is 3. The second kappa shape index (κ2) is 28.8. The van der Waals surface area contributed by atoms with E-state index >= 15 is 0 Å². The number of nitrogens with zero attached hydrogens (tertiary/aromatic N) is 4. The molecule has 4 saturated heterocycles. The number of anilines is 9. The number of phenols is 3. The molecule has 3 atom stereocenters. The fourth-order valence-corrected chi connectivity index (χ4v) is 14.0. The predicted octanol–water partition coefficient (Wildman–Crippen LogP) is 8.12. The molecule has 0 aliphatic carbocycles.